The molecule has 0 aliphatic heterocycles. The van der Waals surface area contributed by atoms with Crippen molar-refractivity contribution in [3.8, 4) is 0 Å². The van der Waals surface area contributed by atoms with E-state index >= 15 is 0 Å². The lowest BCUT2D eigenvalue weighted by molar-refractivity contribution is -0.139. The third kappa shape index (κ3) is 3.92. The summed E-state index contributed by atoms with van der Waals surface area (Å²) in [5, 5.41) is 11.8. The second-order valence-electron chi connectivity index (χ2n) is 4.78. The fourth-order valence-electron chi connectivity index (χ4n) is 2.02. The van der Waals surface area contributed by atoms with E-state index in [0.29, 0.717) is 18.5 Å². The monoisotopic (exact) mass is 287 g/mol. The van der Waals surface area contributed by atoms with E-state index in [1.54, 1.807) is 11.6 Å². The lowest BCUT2D eigenvalue weighted by Gasteiger charge is -2.14. The Labute approximate surface area is 122 Å². The van der Waals surface area contributed by atoms with Crippen LogP contribution in [0.15, 0.2) is 42.9 Å². The van der Waals surface area contributed by atoms with Gasteiger partial charge in [0.15, 0.2) is 0 Å². The number of aliphatic carboxylic acids is 1. The van der Waals surface area contributed by atoms with Crippen molar-refractivity contribution in [2.75, 3.05) is 0 Å². The van der Waals surface area contributed by atoms with Gasteiger partial charge in [-0.05, 0) is 18.4 Å². The van der Waals surface area contributed by atoms with Crippen molar-refractivity contribution in [1.82, 2.24) is 14.9 Å². The fourth-order valence-corrected chi connectivity index (χ4v) is 2.02. The molecule has 0 saturated heterocycles. The molecule has 1 aromatic heterocycles. The number of hydrogen-bond donors (Lipinski definition) is 2. The molecule has 0 radical (unpaired) electrons. The number of imidazole rings is 1. The SMILES string of the molecule is Cn1cncc1C(=O)NC(CCc1ccccc1)C(=O)O. The third-order valence-electron chi connectivity index (χ3n) is 3.22. The minimum atomic E-state index is -1.04. The molecule has 110 valence electrons. The van der Waals surface area contributed by atoms with E-state index in [-0.39, 0.29) is 0 Å². The van der Waals surface area contributed by atoms with Crippen LogP contribution in [-0.2, 0) is 18.3 Å². The lowest BCUT2D eigenvalue weighted by atomic mass is 10.1. The third-order valence-corrected chi connectivity index (χ3v) is 3.22. The first-order valence-corrected chi connectivity index (χ1v) is 6.62. The highest BCUT2D eigenvalue weighted by Gasteiger charge is 2.21. The molecule has 0 spiro atoms. The molecule has 2 rings (SSSR count). The predicted molar refractivity (Wildman–Crippen MR) is 76.9 cm³/mol. The van der Waals surface area contributed by atoms with Crippen LogP contribution in [0, 0.1) is 0 Å². The van der Waals surface area contributed by atoms with E-state index in [2.05, 4.69) is 10.3 Å². The second kappa shape index (κ2) is 6.69. The van der Waals surface area contributed by atoms with Crippen LogP contribution in [0.25, 0.3) is 0 Å². The van der Waals surface area contributed by atoms with Crippen molar-refractivity contribution < 1.29 is 14.7 Å². The summed E-state index contributed by atoms with van der Waals surface area (Å²) in [7, 11) is 1.68. The molecule has 1 atom stereocenters. The standard InChI is InChI=1S/C15H17N3O3/c1-18-10-16-9-13(18)14(19)17-12(15(20)21)8-7-11-5-3-2-4-6-11/h2-6,9-10,12H,7-8H2,1H3,(H,17,19)(H,20,21). The summed E-state index contributed by atoms with van der Waals surface area (Å²) < 4.78 is 1.55. The predicted octanol–water partition coefficient (Wildman–Crippen LogP) is 1.24. The summed E-state index contributed by atoms with van der Waals surface area (Å²) in [6.45, 7) is 0. The molecule has 2 N–H and O–H groups in total. The van der Waals surface area contributed by atoms with Crippen molar-refractivity contribution in [2.45, 2.75) is 18.9 Å². The van der Waals surface area contributed by atoms with Gasteiger partial charge in [0.25, 0.3) is 5.91 Å². The maximum atomic E-state index is 12.0. The first-order chi connectivity index (χ1) is 10.1. The van der Waals surface area contributed by atoms with Gasteiger partial charge >= 0.3 is 5.97 Å². The van der Waals surface area contributed by atoms with E-state index in [1.165, 1.54) is 12.5 Å². The summed E-state index contributed by atoms with van der Waals surface area (Å²) in [5.74, 6) is -1.48. The first-order valence-electron chi connectivity index (χ1n) is 6.62. The number of carbonyl (C=O) groups is 2. The number of aromatic nitrogens is 2. The molecular formula is C15H17N3O3. The van der Waals surface area contributed by atoms with Crippen molar-refractivity contribution >= 4 is 11.9 Å². The molecule has 1 heterocycles. The van der Waals surface area contributed by atoms with Gasteiger partial charge in [-0.2, -0.15) is 0 Å². The van der Waals surface area contributed by atoms with Crippen molar-refractivity contribution in [1.29, 1.82) is 0 Å². The summed E-state index contributed by atoms with van der Waals surface area (Å²) in [4.78, 5) is 27.1. The van der Waals surface area contributed by atoms with Crippen molar-refractivity contribution in [2.24, 2.45) is 7.05 Å². The zero-order valence-electron chi connectivity index (χ0n) is 11.7. The van der Waals surface area contributed by atoms with Crippen LogP contribution in [-0.4, -0.2) is 32.6 Å². The van der Waals surface area contributed by atoms with E-state index in [4.69, 9.17) is 0 Å². The fraction of sp³-hybridized carbons (Fsp3) is 0.267. The van der Waals surface area contributed by atoms with Crippen LogP contribution in [0.1, 0.15) is 22.5 Å². The number of aryl methyl sites for hydroxylation is 2. The maximum Gasteiger partial charge on any atom is 0.326 e. The smallest absolute Gasteiger partial charge is 0.326 e. The molecular weight excluding hydrogens is 270 g/mol. The van der Waals surface area contributed by atoms with Crippen LogP contribution >= 0.6 is 0 Å². The first kappa shape index (κ1) is 14.8. The average molecular weight is 287 g/mol. The van der Waals surface area contributed by atoms with Gasteiger partial charge in [0.2, 0.25) is 0 Å². The molecule has 6 nitrogen and oxygen atoms in total. The molecule has 0 saturated carbocycles. The van der Waals surface area contributed by atoms with E-state index in [9.17, 15) is 14.7 Å². The number of carboxylic acid groups (broad SMARTS) is 1. The molecule has 0 fully saturated rings. The quantitative estimate of drug-likeness (QED) is 0.837. The van der Waals surface area contributed by atoms with Crippen LogP contribution < -0.4 is 5.32 Å². The highest BCUT2D eigenvalue weighted by Crippen LogP contribution is 2.06. The number of nitrogens with zero attached hydrogens (tertiary/aromatic N) is 2. The number of amides is 1. The van der Waals surface area contributed by atoms with Crippen LogP contribution in [0.2, 0.25) is 0 Å². The zero-order chi connectivity index (χ0) is 15.2. The lowest BCUT2D eigenvalue weighted by Crippen LogP contribution is -2.41. The number of benzene rings is 1. The Kier molecular flexibility index (Phi) is 4.71. The Morgan fingerprint density at radius 3 is 2.62 bits per heavy atom. The van der Waals surface area contributed by atoms with Gasteiger partial charge in [0.1, 0.15) is 11.7 Å². The summed E-state index contributed by atoms with van der Waals surface area (Å²) in [6, 6.07) is 8.65. The largest absolute Gasteiger partial charge is 0.480 e. The van der Waals surface area contributed by atoms with Gasteiger partial charge in [0.05, 0.1) is 12.5 Å². The number of rotatable bonds is 6. The molecule has 0 aliphatic rings. The molecule has 21 heavy (non-hydrogen) atoms. The molecule has 1 amide bonds. The normalized spacial score (nSPS) is 11.9. The highest BCUT2D eigenvalue weighted by molar-refractivity contribution is 5.95. The van der Waals surface area contributed by atoms with Gasteiger partial charge in [0, 0.05) is 7.05 Å². The molecule has 6 heteroatoms. The van der Waals surface area contributed by atoms with Crippen LogP contribution in [0.3, 0.4) is 0 Å². The molecule has 0 aliphatic carbocycles. The molecule has 1 unspecified atom stereocenters. The summed E-state index contributed by atoms with van der Waals surface area (Å²) >= 11 is 0. The van der Waals surface area contributed by atoms with Gasteiger partial charge in [-0.15, -0.1) is 0 Å². The number of carbonyl (C=O) groups excluding carboxylic acids is 1. The maximum absolute atomic E-state index is 12.0. The number of hydrogen-bond acceptors (Lipinski definition) is 3. The Bertz CT molecular complexity index is 622. The van der Waals surface area contributed by atoms with Gasteiger partial charge in [-0.25, -0.2) is 9.78 Å². The Morgan fingerprint density at radius 2 is 2.05 bits per heavy atom. The minimum Gasteiger partial charge on any atom is -0.480 e. The molecule has 0 bridgehead atoms. The molecule has 1 aromatic carbocycles. The van der Waals surface area contributed by atoms with Gasteiger partial charge in [-0.3, -0.25) is 4.79 Å². The number of nitrogens with one attached hydrogen (secondary N) is 1. The summed E-state index contributed by atoms with van der Waals surface area (Å²) in [5.41, 5.74) is 1.37. The van der Waals surface area contributed by atoms with E-state index < -0.39 is 17.9 Å². The van der Waals surface area contributed by atoms with E-state index in [1.807, 2.05) is 30.3 Å². The molecule has 2 aromatic rings. The number of carboxylic acids is 1. The van der Waals surface area contributed by atoms with Gasteiger partial charge < -0.3 is 15.0 Å². The zero-order valence-corrected chi connectivity index (χ0v) is 11.7. The Balaban J connectivity index is 1.98. The minimum absolute atomic E-state index is 0.334. The van der Waals surface area contributed by atoms with E-state index in [0.717, 1.165) is 5.56 Å². The summed E-state index contributed by atoms with van der Waals surface area (Å²) in [6.07, 6.45) is 3.83. The topological polar surface area (TPSA) is 84.2 Å². The van der Waals surface area contributed by atoms with Crippen molar-refractivity contribution in [3.63, 3.8) is 0 Å². The van der Waals surface area contributed by atoms with Crippen molar-refractivity contribution in [3.05, 3.63) is 54.1 Å². The average Bonchev–Trinajstić information content (AvgIpc) is 2.90. The highest BCUT2D eigenvalue weighted by atomic mass is 16.4. The van der Waals surface area contributed by atoms with Crippen LogP contribution in [0.4, 0.5) is 0 Å². The second-order valence-corrected chi connectivity index (χ2v) is 4.78. The van der Waals surface area contributed by atoms with Crippen LogP contribution in [0.5, 0.6) is 0 Å². The Hall–Kier alpha value is -2.63. The van der Waals surface area contributed by atoms with Gasteiger partial charge in [-0.1, -0.05) is 30.3 Å². The Morgan fingerprint density at radius 1 is 1.33 bits per heavy atom.